The first kappa shape index (κ1) is 23.9. The van der Waals surface area contributed by atoms with Crippen LogP contribution in [0.15, 0.2) is 107 Å². The van der Waals surface area contributed by atoms with Crippen LogP contribution >= 0.6 is 0 Å². The van der Waals surface area contributed by atoms with Crippen molar-refractivity contribution in [3.63, 3.8) is 0 Å². The number of hydrogen-bond donors (Lipinski definition) is 0. The molecule has 4 aromatic rings. The molecule has 0 fully saturated rings. The van der Waals surface area contributed by atoms with Gasteiger partial charge in [0.15, 0.2) is 0 Å². The number of aryl methyl sites for hydroxylation is 4. The van der Waals surface area contributed by atoms with Gasteiger partial charge in [0.1, 0.15) is 17.5 Å². The lowest BCUT2D eigenvalue weighted by atomic mass is 9.79. The Morgan fingerprint density at radius 2 is 1.37 bits per heavy atom. The van der Waals surface area contributed by atoms with Gasteiger partial charge in [-0.05, 0) is 56.5 Å². The molecular formula is C33H29N3O2. The van der Waals surface area contributed by atoms with Gasteiger partial charge in [-0.2, -0.15) is 0 Å². The molecule has 6 rings (SSSR count). The van der Waals surface area contributed by atoms with Gasteiger partial charge in [-0.25, -0.2) is 4.99 Å². The number of amidine groups is 1. The Kier molecular flexibility index (Phi) is 5.72. The molecule has 0 saturated heterocycles. The van der Waals surface area contributed by atoms with Gasteiger partial charge in [-0.15, -0.1) is 0 Å². The lowest BCUT2D eigenvalue weighted by Crippen LogP contribution is -2.47. The van der Waals surface area contributed by atoms with E-state index in [-0.39, 0.29) is 5.91 Å². The fourth-order valence-corrected chi connectivity index (χ4v) is 5.69. The van der Waals surface area contributed by atoms with Crippen molar-refractivity contribution in [2.24, 2.45) is 10.1 Å². The summed E-state index contributed by atoms with van der Waals surface area (Å²) >= 11 is 0. The van der Waals surface area contributed by atoms with Crippen molar-refractivity contribution < 1.29 is 9.63 Å². The predicted molar refractivity (Wildman–Crippen MR) is 152 cm³/mol. The summed E-state index contributed by atoms with van der Waals surface area (Å²) in [6.45, 7) is 8.28. The number of aliphatic imine (C=N–C) groups is 1. The molecule has 38 heavy (non-hydrogen) atoms. The molecule has 0 N–H and O–H groups in total. The fourth-order valence-electron chi connectivity index (χ4n) is 5.69. The Morgan fingerprint density at radius 1 is 0.763 bits per heavy atom. The maximum Gasteiger partial charge on any atom is 0.320 e. The van der Waals surface area contributed by atoms with Gasteiger partial charge < -0.3 is 4.84 Å². The van der Waals surface area contributed by atoms with Crippen molar-refractivity contribution in [1.29, 1.82) is 0 Å². The van der Waals surface area contributed by atoms with E-state index in [1.807, 2.05) is 91.9 Å². The standard InChI is InChI=1S/C33H29N3O2/c1-21-15-17-27(18-16-21)36-31(26-13-9-6-10-14-26)34-33(32(36)37)29(25-11-7-5-8-12-25)30(35-38-33)28-23(3)19-22(2)20-24(28)4/h5-20,29H,1-4H3. The summed E-state index contributed by atoms with van der Waals surface area (Å²) < 4.78 is 0. The minimum absolute atomic E-state index is 0.254. The third kappa shape index (κ3) is 3.74. The largest absolute Gasteiger partial charge is 0.353 e. The zero-order valence-corrected chi connectivity index (χ0v) is 22.0. The van der Waals surface area contributed by atoms with E-state index >= 15 is 0 Å². The van der Waals surface area contributed by atoms with Crippen LogP contribution in [0.1, 0.15) is 44.9 Å². The molecule has 1 amide bonds. The summed E-state index contributed by atoms with van der Waals surface area (Å²) in [6.07, 6.45) is 0. The molecule has 0 aliphatic carbocycles. The number of hydrogen-bond acceptors (Lipinski definition) is 4. The first-order chi connectivity index (χ1) is 18.4. The van der Waals surface area contributed by atoms with E-state index in [0.29, 0.717) is 5.84 Å². The topological polar surface area (TPSA) is 54.3 Å². The highest BCUT2D eigenvalue weighted by Gasteiger charge is 2.62. The Labute approximate surface area is 223 Å². The van der Waals surface area contributed by atoms with Gasteiger partial charge in [0.2, 0.25) is 0 Å². The van der Waals surface area contributed by atoms with Crippen LogP contribution in [-0.4, -0.2) is 23.2 Å². The van der Waals surface area contributed by atoms with Crippen LogP contribution in [0.3, 0.4) is 0 Å². The molecule has 5 heteroatoms. The third-order valence-electron chi connectivity index (χ3n) is 7.33. The minimum atomic E-state index is -1.56. The molecule has 0 radical (unpaired) electrons. The van der Waals surface area contributed by atoms with Crippen LogP contribution in [0.5, 0.6) is 0 Å². The summed E-state index contributed by atoms with van der Waals surface area (Å²) in [4.78, 5) is 27.6. The zero-order valence-electron chi connectivity index (χ0n) is 22.0. The maximum atomic E-state index is 14.6. The molecule has 0 saturated carbocycles. The molecule has 0 bridgehead atoms. The highest BCUT2D eigenvalue weighted by atomic mass is 16.7. The van der Waals surface area contributed by atoms with Crippen molar-refractivity contribution in [2.75, 3.05) is 4.90 Å². The van der Waals surface area contributed by atoms with E-state index in [1.54, 1.807) is 4.90 Å². The van der Waals surface area contributed by atoms with Gasteiger partial charge in [0, 0.05) is 11.1 Å². The quantitative estimate of drug-likeness (QED) is 0.317. The predicted octanol–water partition coefficient (Wildman–Crippen LogP) is 6.63. The number of carbonyl (C=O) groups excluding carboxylic acids is 1. The monoisotopic (exact) mass is 499 g/mol. The van der Waals surface area contributed by atoms with E-state index < -0.39 is 11.6 Å². The molecule has 2 atom stereocenters. The van der Waals surface area contributed by atoms with Crippen molar-refractivity contribution in [3.05, 3.63) is 136 Å². The van der Waals surface area contributed by atoms with E-state index in [1.165, 1.54) is 5.56 Å². The van der Waals surface area contributed by atoms with Crippen molar-refractivity contribution >= 4 is 23.1 Å². The molecular weight excluding hydrogens is 470 g/mol. The summed E-state index contributed by atoms with van der Waals surface area (Å²) in [5.41, 5.74) is 7.16. The summed E-state index contributed by atoms with van der Waals surface area (Å²) in [6, 6.07) is 32.0. The first-order valence-corrected chi connectivity index (χ1v) is 12.8. The smallest absolute Gasteiger partial charge is 0.320 e. The molecule has 2 unspecified atom stereocenters. The van der Waals surface area contributed by atoms with Crippen LogP contribution in [0.4, 0.5) is 5.69 Å². The molecule has 2 aliphatic rings. The SMILES string of the molecule is Cc1ccc(N2C(=O)C3(N=C2c2ccccc2)ON=C(c2c(C)cc(C)cc2C)C3c2ccccc2)cc1. The van der Waals surface area contributed by atoms with Crippen LogP contribution in [0.25, 0.3) is 0 Å². The Hall–Kier alpha value is -4.51. The van der Waals surface area contributed by atoms with Crippen LogP contribution < -0.4 is 4.90 Å². The number of amides is 1. The number of anilines is 1. The molecule has 0 aromatic heterocycles. The number of rotatable bonds is 4. The van der Waals surface area contributed by atoms with Gasteiger partial charge in [-0.1, -0.05) is 101 Å². The maximum absolute atomic E-state index is 14.6. The molecule has 4 aromatic carbocycles. The average Bonchev–Trinajstić information content (AvgIpc) is 3.43. The number of carbonyl (C=O) groups is 1. The molecule has 188 valence electrons. The van der Waals surface area contributed by atoms with E-state index in [9.17, 15) is 4.79 Å². The van der Waals surface area contributed by atoms with E-state index in [0.717, 1.165) is 44.8 Å². The van der Waals surface area contributed by atoms with E-state index in [4.69, 9.17) is 9.83 Å². The van der Waals surface area contributed by atoms with Gasteiger partial charge in [0.05, 0.1) is 5.69 Å². The van der Waals surface area contributed by atoms with Crippen molar-refractivity contribution in [2.45, 2.75) is 39.3 Å². The number of benzene rings is 4. The van der Waals surface area contributed by atoms with Crippen molar-refractivity contribution in [1.82, 2.24) is 0 Å². The second kappa shape index (κ2) is 9.10. The van der Waals surface area contributed by atoms with Gasteiger partial charge >= 0.3 is 11.6 Å². The van der Waals surface area contributed by atoms with Gasteiger partial charge in [0.25, 0.3) is 0 Å². The normalized spacial score (nSPS) is 20.5. The zero-order chi connectivity index (χ0) is 26.4. The molecule has 2 heterocycles. The summed E-state index contributed by atoms with van der Waals surface area (Å²) in [5.74, 6) is -0.227. The second-order valence-corrected chi connectivity index (χ2v) is 10.2. The van der Waals surface area contributed by atoms with Crippen LogP contribution in [-0.2, 0) is 9.63 Å². The Bertz CT molecular complexity index is 1570. The summed E-state index contributed by atoms with van der Waals surface area (Å²) in [5, 5.41) is 4.63. The highest BCUT2D eigenvalue weighted by Crippen LogP contribution is 2.47. The number of oxime groups is 1. The highest BCUT2D eigenvalue weighted by molar-refractivity contribution is 6.31. The minimum Gasteiger partial charge on any atom is -0.353 e. The van der Waals surface area contributed by atoms with E-state index in [2.05, 4.69) is 38.1 Å². The number of nitrogens with zero attached hydrogens (tertiary/aromatic N) is 3. The van der Waals surface area contributed by atoms with Crippen LogP contribution in [0.2, 0.25) is 0 Å². The third-order valence-corrected chi connectivity index (χ3v) is 7.33. The molecule has 2 aliphatic heterocycles. The lowest BCUT2D eigenvalue weighted by molar-refractivity contribution is -0.138. The Balaban J connectivity index is 1.57. The molecule has 5 nitrogen and oxygen atoms in total. The average molecular weight is 500 g/mol. The lowest BCUT2D eigenvalue weighted by Gasteiger charge is -2.27. The second-order valence-electron chi connectivity index (χ2n) is 10.2. The van der Waals surface area contributed by atoms with Crippen LogP contribution in [0, 0.1) is 27.7 Å². The summed E-state index contributed by atoms with van der Waals surface area (Å²) in [7, 11) is 0. The van der Waals surface area contributed by atoms with Gasteiger partial charge in [-0.3, -0.25) is 9.69 Å². The fraction of sp³-hybridized carbons (Fsp3) is 0.182. The first-order valence-electron chi connectivity index (χ1n) is 12.8. The van der Waals surface area contributed by atoms with Crippen molar-refractivity contribution in [3.8, 4) is 0 Å². The molecule has 1 spiro atoms. The Morgan fingerprint density at radius 3 is 2.00 bits per heavy atom.